The first-order valence-electron chi connectivity index (χ1n) is 11.1. The summed E-state index contributed by atoms with van der Waals surface area (Å²) in [7, 11) is 9.00. The summed E-state index contributed by atoms with van der Waals surface area (Å²) in [6.07, 6.45) is 7.50. The number of phenols is 1. The summed E-state index contributed by atoms with van der Waals surface area (Å²) in [6, 6.07) is 27.1. The van der Waals surface area contributed by atoms with Crippen LogP contribution in [0.5, 0.6) is 5.75 Å². The Balaban J connectivity index is 0.000000385. The molecule has 170 valence electrons. The minimum absolute atomic E-state index is 0.0888. The van der Waals surface area contributed by atoms with E-state index >= 15 is 0 Å². The third-order valence-corrected chi connectivity index (χ3v) is 7.81. The van der Waals surface area contributed by atoms with Gasteiger partial charge in [0.1, 0.15) is 5.75 Å². The van der Waals surface area contributed by atoms with E-state index < -0.39 is 25.0 Å². The molecular weight excluding hydrogens is 490 g/mol. The predicted octanol–water partition coefficient (Wildman–Crippen LogP) is 7.77. The molecule has 0 saturated heterocycles. The molecular formula is C27H33Cl2OPTi. The van der Waals surface area contributed by atoms with E-state index in [-0.39, 0.29) is 5.41 Å². The van der Waals surface area contributed by atoms with Gasteiger partial charge >= 0.3 is 35.6 Å². The van der Waals surface area contributed by atoms with Crippen molar-refractivity contribution in [3.63, 3.8) is 0 Å². The van der Waals surface area contributed by atoms with Crippen molar-refractivity contribution in [2.45, 2.75) is 58.3 Å². The van der Waals surface area contributed by atoms with Crippen LogP contribution in [0.3, 0.4) is 0 Å². The Labute approximate surface area is 212 Å². The Morgan fingerprint density at radius 3 is 1.47 bits per heavy atom. The van der Waals surface area contributed by atoms with Gasteiger partial charge in [-0.25, -0.2) is 0 Å². The predicted molar refractivity (Wildman–Crippen MR) is 140 cm³/mol. The van der Waals surface area contributed by atoms with Crippen molar-refractivity contribution >= 4 is 42.4 Å². The maximum absolute atomic E-state index is 11.0. The van der Waals surface area contributed by atoms with Gasteiger partial charge in [-0.2, -0.15) is 0 Å². The van der Waals surface area contributed by atoms with Crippen LogP contribution in [0.4, 0.5) is 0 Å². The monoisotopic (exact) mass is 522 g/mol. The second kappa shape index (κ2) is 14.4. The summed E-state index contributed by atoms with van der Waals surface area (Å²) in [6.45, 7) is 6.41. The summed E-state index contributed by atoms with van der Waals surface area (Å²) in [5.41, 5.74) is 0.911. The number of hydrogen-bond donors (Lipinski definition) is 1. The van der Waals surface area contributed by atoms with E-state index in [1.165, 1.54) is 42.7 Å². The van der Waals surface area contributed by atoms with Crippen molar-refractivity contribution in [2.75, 3.05) is 0 Å². The van der Waals surface area contributed by atoms with Gasteiger partial charge in [-0.3, -0.25) is 0 Å². The van der Waals surface area contributed by atoms with Crippen LogP contribution in [0.1, 0.15) is 58.4 Å². The van der Waals surface area contributed by atoms with Crippen LogP contribution in [-0.4, -0.2) is 5.11 Å². The second-order valence-corrected chi connectivity index (χ2v) is 13.5. The van der Waals surface area contributed by atoms with Gasteiger partial charge in [0.15, 0.2) is 0 Å². The van der Waals surface area contributed by atoms with Gasteiger partial charge in [-0.15, -0.1) is 0 Å². The van der Waals surface area contributed by atoms with Crippen molar-refractivity contribution in [1.29, 1.82) is 0 Å². The fourth-order valence-electron chi connectivity index (χ4n) is 3.78. The van der Waals surface area contributed by atoms with Gasteiger partial charge in [0.2, 0.25) is 0 Å². The molecule has 5 heteroatoms. The zero-order valence-corrected chi connectivity index (χ0v) is 23.2. The van der Waals surface area contributed by atoms with Crippen LogP contribution in [0, 0.1) is 0 Å². The Morgan fingerprint density at radius 2 is 1.09 bits per heavy atom. The first-order valence-corrected chi connectivity index (χ1v) is 16.7. The summed E-state index contributed by atoms with van der Waals surface area (Å²) < 4.78 is 0. The van der Waals surface area contributed by atoms with Gasteiger partial charge in [-0.1, -0.05) is 132 Å². The molecule has 0 heterocycles. The molecule has 4 rings (SSSR count). The maximum atomic E-state index is 11.0. The molecule has 1 nitrogen and oxygen atoms in total. The normalized spacial score (nSPS) is 12.9. The van der Waals surface area contributed by atoms with Gasteiger partial charge in [0.05, 0.1) is 0 Å². The number of hydrogen-bond acceptors (Lipinski definition) is 1. The summed E-state index contributed by atoms with van der Waals surface area (Å²) >= 11 is -0.556. The quantitative estimate of drug-likeness (QED) is 0.275. The number of rotatable bonds is 3. The number of halogens is 2. The number of phenolic OH excluding ortho intramolecular Hbond substituents is 1. The third-order valence-electron chi connectivity index (χ3n) is 5.34. The Bertz CT molecular complexity index is 863. The summed E-state index contributed by atoms with van der Waals surface area (Å²) in [5.74, 6) is 0.434. The fourth-order valence-corrected chi connectivity index (χ4v) is 6.14. The van der Waals surface area contributed by atoms with Crippen molar-refractivity contribution in [3.05, 3.63) is 84.4 Å². The molecule has 0 bridgehead atoms. The first kappa shape index (κ1) is 27.4. The van der Waals surface area contributed by atoms with E-state index in [2.05, 4.69) is 81.4 Å². The summed E-state index contributed by atoms with van der Waals surface area (Å²) in [4.78, 5) is 0. The fraction of sp³-hybridized carbons (Fsp3) is 0.333. The van der Waals surface area contributed by atoms with E-state index in [1.54, 1.807) is 0 Å². The van der Waals surface area contributed by atoms with Crippen molar-refractivity contribution in [3.8, 4) is 5.75 Å². The molecule has 1 N–H and O–H groups in total. The number of para-hydroxylation sites is 1. The molecule has 0 aromatic heterocycles. The first-order chi connectivity index (χ1) is 15.4. The van der Waals surface area contributed by atoms with Crippen LogP contribution in [0.2, 0.25) is 0 Å². The Morgan fingerprint density at radius 1 is 0.688 bits per heavy atom. The van der Waals surface area contributed by atoms with Gasteiger partial charge in [0, 0.05) is 5.30 Å². The van der Waals surface area contributed by atoms with Crippen LogP contribution >= 0.6 is 26.5 Å². The molecule has 32 heavy (non-hydrogen) atoms. The zero-order valence-electron chi connectivity index (χ0n) is 19.2. The molecule has 0 unspecified atom stereocenters. The van der Waals surface area contributed by atoms with Crippen molar-refractivity contribution in [2.24, 2.45) is 0 Å². The number of aromatic hydroxyl groups is 1. The third kappa shape index (κ3) is 8.51. The van der Waals surface area contributed by atoms with E-state index in [0.29, 0.717) is 5.75 Å². The molecule has 0 aliphatic heterocycles. The Kier molecular flexibility index (Phi) is 12.4. The molecule has 0 atom stereocenters. The van der Waals surface area contributed by atoms with Crippen LogP contribution in [0.15, 0.2) is 78.9 Å². The molecule has 0 spiro atoms. The second-order valence-electron chi connectivity index (χ2n) is 8.77. The molecule has 1 aliphatic rings. The average Bonchev–Trinajstić information content (AvgIpc) is 3.37. The topological polar surface area (TPSA) is 20.2 Å². The summed E-state index contributed by atoms with van der Waals surface area (Å²) in [5, 5.41) is 14.6. The molecule has 1 saturated carbocycles. The van der Waals surface area contributed by atoms with Crippen molar-refractivity contribution < 1.29 is 22.1 Å². The molecule has 0 radical (unpaired) electrons. The van der Waals surface area contributed by atoms with Gasteiger partial charge in [-0.05, 0) is 29.5 Å². The molecule has 1 aliphatic carbocycles. The van der Waals surface area contributed by atoms with E-state index in [0.717, 1.165) is 10.9 Å². The van der Waals surface area contributed by atoms with Crippen LogP contribution in [-0.2, 0) is 22.4 Å². The zero-order chi connectivity index (χ0) is 23.4. The Hall–Kier alpha value is -0.816. The van der Waals surface area contributed by atoms with E-state index in [4.69, 9.17) is 18.6 Å². The minimum atomic E-state index is -0.780. The van der Waals surface area contributed by atoms with Crippen LogP contribution in [0.25, 0.3) is 0 Å². The molecule has 3 aromatic carbocycles. The van der Waals surface area contributed by atoms with E-state index in [9.17, 15) is 5.11 Å². The average molecular weight is 523 g/mol. The SMILES string of the molecule is C1CCCC1.CC(C)(C)c1cccc(P(c2ccccc2)c2ccccc2)c1O.[Cl][Ti][Cl]. The molecule has 3 aromatic rings. The van der Waals surface area contributed by atoms with Gasteiger partial charge in [0.25, 0.3) is 0 Å². The molecule has 0 amide bonds. The van der Waals surface area contributed by atoms with Crippen LogP contribution < -0.4 is 15.9 Å². The van der Waals surface area contributed by atoms with Crippen molar-refractivity contribution in [1.82, 2.24) is 0 Å². The van der Waals surface area contributed by atoms with Gasteiger partial charge < -0.3 is 5.11 Å². The molecule has 1 fully saturated rings. The van der Waals surface area contributed by atoms with E-state index in [1.807, 2.05) is 18.2 Å². The number of benzene rings is 3. The standard InChI is InChI=1S/C22H23OP.C5H10.2ClH.Ti/c1-22(2,3)19-15-10-16-20(21(19)23)24(17-11-6-4-7-12-17)18-13-8-5-9-14-18;1-2-4-5-3-1;;;/h4-16,23H,1-3H3;1-5H2;2*1H;/q;;;;+2/p-2.